The molecule has 0 aromatic carbocycles. The zero-order valence-electron chi connectivity index (χ0n) is 6.16. The highest BCUT2D eigenvalue weighted by atomic mass is 16.6. The van der Waals surface area contributed by atoms with E-state index in [1.54, 1.807) is 12.4 Å². The van der Waals surface area contributed by atoms with Gasteiger partial charge in [0.15, 0.2) is 0 Å². The molecule has 0 saturated carbocycles. The third-order valence-electron chi connectivity index (χ3n) is 0.725. The Bertz CT molecular complexity index is 197. The molecule has 0 spiro atoms. The zero-order valence-corrected chi connectivity index (χ0v) is 6.16. The van der Waals surface area contributed by atoms with Crippen molar-refractivity contribution in [2.45, 2.75) is 0 Å². The molecule has 12 heavy (non-hydrogen) atoms. The molecule has 0 unspecified atom stereocenters. The van der Waals surface area contributed by atoms with Gasteiger partial charge in [0.1, 0.15) is 0 Å². The van der Waals surface area contributed by atoms with Crippen LogP contribution in [0.15, 0.2) is 30.6 Å². The second kappa shape index (κ2) is 7.53. The predicted octanol–water partition coefficient (Wildman–Crippen LogP) is -0.465. The highest BCUT2D eigenvalue weighted by molar-refractivity contribution is 6.33. The maximum Gasteiger partial charge on any atom is 0.717 e. The minimum Gasteiger partial charge on any atom is -0.442 e. The van der Waals surface area contributed by atoms with E-state index in [0.717, 1.165) is 6.26 Å². The van der Waals surface area contributed by atoms with Gasteiger partial charge in [-0.3, -0.25) is 4.98 Å². The molecular formula is C6H7BN2O3. The molecule has 0 bridgehead atoms. The topological polar surface area (TPSA) is 86.4 Å². The highest BCUT2D eigenvalue weighted by Gasteiger charge is 2.06. The summed E-state index contributed by atoms with van der Waals surface area (Å²) in [4.78, 5) is 3.78. The molecule has 0 fully saturated rings. The first-order valence-corrected chi connectivity index (χ1v) is 3.03. The lowest BCUT2D eigenvalue weighted by atomic mass is 10.3. The van der Waals surface area contributed by atoms with Crippen LogP contribution >= 0.6 is 0 Å². The van der Waals surface area contributed by atoms with E-state index in [1.807, 2.05) is 18.2 Å². The van der Waals surface area contributed by atoms with Crippen molar-refractivity contribution in [2.75, 3.05) is 0 Å². The van der Waals surface area contributed by atoms with Crippen LogP contribution in [0.4, 0.5) is 0 Å². The summed E-state index contributed by atoms with van der Waals surface area (Å²) in [5.74, 6) is 0. The van der Waals surface area contributed by atoms with Crippen LogP contribution in [0.1, 0.15) is 0 Å². The van der Waals surface area contributed by atoms with Crippen LogP contribution < -0.4 is 0 Å². The van der Waals surface area contributed by atoms with Gasteiger partial charge in [0.2, 0.25) is 0 Å². The van der Waals surface area contributed by atoms with Crippen LogP contribution in [0.3, 0.4) is 0 Å². The minimum atomic E-state index is -1.96. The van der Waals surface area contributed by atoms with Gasteiger partial charge in [-0.1, -0.05) is 6.07 Å². The molecule has 1 aromatic heterocycles. The average Bonchev–Trinajstić information content (AvgIpc) is 2.08. The van der Waals surface area contributed by atoms with E-state index in [9.17, 15) is 0 Å². The largest absolute Gasteiger partial charge is 0.717 e. The maximum absolute atomic E-state index is 7.66. The molecule has 6 heteroatoms. The van der Waals surface area contributed by atoms with Gasteiger partial charge in [-0.15, -0.1) is 0 Å². The fourth-order valence-electron chi connectivity index (χ4n) is 0.360. The van der Waals surface area contributed by atoms with Crippen molar-refractivity contribution in [3.05, 3.63) is 30.6 Å². The van der Waals surface area contributed by atoms with Crippen LogP contribution in [-0.4, -0.2) is 22.4 Å². The summed E-state index contributed by atoms with van der Waals surface area (Å²) in [6, 6.07) is 5.72. The van der Waals surface area contributed by atoms with Gasteiger partial charge in [-0.25, -0.2) is 0 Å². The molecule has 62 valence electrons. The third kappa shape index (κ3) is 8.42. The quantitative estimate of drug-likeness (QED) is 0.435. The van der Waals surface area contributed by atoms with Crippen molar-refractivity contribution in [1.82, 2.24) is 4.98 Å². The van der Waals surface area contributed by atoms with E-state index >= 15 is 0 Å². The normalized spacial score (nSPS) is 7.08. The molecule has 0 aliphatic heterocycles. The van der Waals surface area contributed by atoms with Gasteiger partial charge in [0.25, 0.3) is 6.26 Å². The van der Waals surface area contributed by atoms with Crippen molar-refractivity contribution >= 4 is 7.32 Å². The van der Waals surface area contributed by atoms with Crippen LogP contribution in [-0.2, 0) is 4.65 Å². The molecule has 0 amide bonds. The first kappa shape index (κ1) is 10.4. The maximum atomic E-state index is 7.66. The van der Waals surface area contributed by atoms with E-state index in [4.69, 9.17) is 15.3 Å². The Balaban J connectivity index is 0.000000202. The second-order valence-corrected chi connectivity index (χ2v) is 1.56. The monoisotopic (exact) mass is 166 g/mol. The van der Waals surface area contributed by atoms with Gasteiger partial charge in [-0.2, -0.15) is 5.26 Å². The molecule has 1 aromatic rings. The SMILES string of the molecule is N#COB(O)O.c1ccncc1. The van der Waals surface area contributed by atoms with Crippen molar-refractivity contribution < 1.29 is 14.7 Å². The van der Waals surface area contributed by atoms with Crippen molar-refractivity contribution in [3.63, 3.8) is 0 Å². The zero-order chi connectivity index (χ0) is 9.23. The van der Waals surface area contributed by atoms with Gasteiger partial charge in [0, 0.05) is 12.4 Å². The summed E-state index contributed by atoms with van der Waals surface area (Å²) in [7, 11) is -1.96. The molecule has 0 aliphatic rings. The molecule has 0 radical (unpaired) electrons. The third-order valence-corrected chi connectivity index (χ3v) is 0.725. The van der Waals surface area contributed by atoms with Crippen LogP contribution in [0, 0.1) is 11.5 Å². The lowest BCUT2D eigenvalue weighted by Gasteiger charge is -1.83. The Hall–Kier alpha value is -1.58. The van der Waals surface area contributed by atoms with E-state index in [-0.39, 0.29) is 0 Å². The van der Waals surface area contributed by atoms with Gasteiger partial charge in [-0.05, 0) is 12.1 Å². The van der Waals surface area contributed by atoms with Gasteiger partial charge < -0.3 is 14.7 Å². The van der Waals surface area contributed by atoms with E-state index in [0.29, 0.717) is 0 Å². The summed E-state index contributed by atoms with van der Waals surface area (Å²) in [6.45, 7) is 0. The van der Waals surface area contributed by atoms with E-state index < -0.39 is 7.32 Å². The summed E-state index contributed by atoms with van der Waals surface area (Å²) >= 11 is 0. The lowest BCUT2D eigenvalue weighted by molar-refractivity contribution is 0.267. The molecule has 5 nitrogen and oxygen atoms in total. The molecule has 1 heterocycles. The van der Waals surface area contributed by atoms with E-state index in [2.05, 4.69) is 9.64 Å². The Morgan fingerprint density at radius 3 is 1.92 bits per heavy atom. The van der Waals surface area contributed by atoms with Crippen LogP contribution in [0.5, 0.6) is 0 Å². The smallest absolute Gasteiger partial charge is 0.442 e. The van der Waals surface area contributed by atoms with Gasteiger partial charge >= 0.3 is 7.32 Å². The Labute approximate surface area is 70.0 Å². The molecular weight excluding hydrogens is 159 g/mol. The van der Waals surface area contributed by atoms with Gasteiger partial charge in [0.05, 0.1) is 0 Å². The summed E-state index contributed by atoms with van der Waals surface area (Å²) < 4.78 is 3.46. The fourth-order valence-corrected chi connectivity index (χ4v) is 0.360. The molecule has 0 atom stereocenters. The number of hydrogen-bond donors (Lipinski definition) is 2. The first-order chi connectivity index (χ1) is 5.77. The van der Waals surface area contributed by atoms with Crippen LogP contribution in [0.25, 0.3) is 0 Å². The minimum absolute atomic E-state index is 1.07. The number of rotatable bonds is 1. The lowest BCUT2D eigenvalue weighted by Crippen LogP contribution is -2.12. The second-order valence-electron chi connectivity index (χ2n) is 1.56. The van der Waals surface area contributed by atoms with Crippen molar-refractivity contribution in [2.24, 2.45) is 0 Å². The standard InChI is InChI=1S/C5H5N.CH2BNO3/c1-2-4-6-5-3-1;3-1-6-2(4)5/h1-5H;4-5H. The number of nitrogens with zero attached hydrogens (tertiary/aromatic N) is 2. The summed E-state index contributed by atoms with van der Waals surface area (Å²) in [6.07, 6.45) is 4.57. The highest BCUT2D eigenvalue weighted by Crippen LogP contribution is 1.73. The van der Waals surface area contributed by atoms with Crippen molar-refractivity contribution in [1.29, 1.82) is 5.26 Å². The number of nitriles is 1. The predicted molar refractivity (Wildman–Crippen MR) is 41.1 cm³/mol. The summed E-state index contributed by atoms with van der Waals surface area (Å²) in [5, 5.41) is 22.8. The Morgan fingerprint density at radius 1 is 1.25 bits per heavy atom. The van der Waals surface area contributed by atoms with Crippen molar-refractivity contribution in [3.8, 4) is 6.26 Å². The summed E-state index contributed by atoms with van der Waals surface area (Å²) in [5.41, 5.74) is 0. The Kier molecular flexibility index (Phi) is 6.54. The van der Waals surface area contributed by atoms with E-state index in [1.165, 1.54) is 0 Å². The molecule has 2 N–H and O–H groups in total. The average molecular weight is 166 g/mol. The first-order valence-electron chi connectivity index (χ1n) is 3.03. The number of aromatic nitrogens is 1. The van der Waals surface area contributed by atoms with Crippen LogP contribution in [0.2, 0.25) is 0 Å². The molecule has 0 saturated heterocycles. The Morgan fingerprint density at radius 2 is 1.83 bits per heavy atom. The molecule has 1 rings (SSSR count). The number of pyridine rings is 1. The number of hydrogen-bond acceptors (Lipinski definition) is 5. The fraction of sp³-hybridized carbons (Fsp3) is 0. The molecule has 0 aliphatic carbocycles.